The smallest absolute Gasteiger partial charge is 0.126 e. The molecule has 2 heteroatoms. The van der Waals surface area contributed by atoms with Gasteiger partial charge in [0, 0.05) is 6.04 Å². The van der Waals surface area contributed by atoms with E-state index in [1.54, 1.807) is 6.07 Å². The SMILES string of the molecule is Cc1ccc(F)c(C2CCCCC(N)C2)c1. The molecule has 1 aliphatic carbocycles. The highest BCUT2D eigenvalue weighted by molar-refractivity contribution is 5.27. The van der Waals surface area contributed by atoms with Gasteiger partial charge in [0.25, 0.3) is 0 Å². The van der Waals surface area contributed by atoms with Gasteiger partial charge in [0.15, 0.2) is 0 Å². The van der Waals surface area contributed by atoms with Gasteiger partial charge in [0.1, 0.15) is 5.82 Å². The second kappa shape index (κ2) is 4.96. The molecule has 16 heavy (non-hydrogen) atoms. The van der Waals surface area contributed by atoms with Crippen LogP contribution in [0.1, 0.15) is 49.1 Å². The minimum Gasteiger partial charge on any atom is -0.328 e. The second-order valence-electron chi connectivity index (χ2n) is 5.00. The molecular formula is C14H20FN. The summed E-state index contributed by atoms with van der Waals surface area (Å²) in [6, 6.07) is 5.64. The van der Waals surface area contributed by atoms with Crippen LogP contribution in [-0.4, -0.2) is 6.04 Å². The van der Waals surface area contributed by atoms with Gasteiger partial charge >= 0.3 is 0 Å². The van der Waals surface area contributed by atoms with E-state index in [1.807, 2.05) is 19.1 Å². The average Bonchev–Trinajstić information content (AvgIpc) is 2.46. The predicted molar refractivity (Wildman–Crippen MR) is 64.9 cm³/mol. The number of aryl methyl sites for hydroxylation is 1. The number of halogens is 1. The second-order valence-corrected chi connectivity index (χ2v) is 5.00. The molecule has 0 heterocycles. The van der Waals surface area contributed by atoms with E-state index in [4.69, 9.17) is 5.73 Å². The summed E-state index contributed by atoms with van der Waals surface area (Å²) in [5.74, 6) is 0.252. The molecule has 1 saturated carbocycles. The summed E-state index contributed by atoms with van der Waals surface area (Å²) in [5, 5.41) is 0. The highest BCUT2D eigenvalue weighted by Crippen LogP contribution is 2.32. The Kier molecular flexibility index (Phi) is 3.59. The van der Waals surface area contributed by atoms with E-state index in [0.717, 1.165) is 30.4 Å². The molecule has 0 saturated heterocycles. The van der Waals surface area contributed by atoms with Crippen LogP contribution in [0.3, 0.4) is 0 Å². The van der Waals surface area contributed by atoms with Gasteiger partial charge in [-0.05, 0) is 43.7 Å². The molecule has 2 rings (SSSR count). The fraction of sp³-hybridized carbons (Fsp3) is 0.571. The van der Waals surface area contributed by atoms with Crippen molar-refractivity contribution in [2.75, 3.05) is 0 Å². The lowest BCUT2D eigenvalue weighted by Crippen LogP contribution is -2.21. The summed E-state index contributed by atoms with van der Waals surface area (Å²) in [4.78, 5) is 0. The Hall–Kier alpha value is -0.890. The lowest BCUT2D eigenvalue weighted by atomic mass is 9.89. The molecule has 0 bridgehead atoms. The van der Waals surface area contributed by atoms with Crippen LogP contribution in [0.2, 0.25) is 0 Å². The van der Waals surface area contributed by atoms with Crippen molar-refractivity contribution in [2.45, 2.75) is 51.0 Å². The maximum atomic E-state index is 13.8. The van der Waals surface area contributed by atoms with E-state index >= 15 is 0 Å². The van der Waals surface area contributed by atoms with Crippen LogP contribution in [0.15, 0.2) is 18.2 Å². The Morgan fingerprint density at radius 1 is 1.25 bits per heavy atom. The van der Waals surface area contributed by atoms with Crippen molar-refractivity contribution in [3.63, 3.8) is 0 Å². The van der Waals surface area contributed by atoms with Crippen LogP contribution in [0.4, 0.5) is 4.39 Å². The molecule has 1 aromatic rings. The van der Waals surface area contributed by atoms with E-state index in [-0.39, 0.29) is 11.9 Å². The summed E-state index contributed by atoms with van der Waals surface area (Å²) in [5.41, 5.74) is 8.03. The summed E-state index contributed by atoms with van der Waals surface area (Å²) in [6.45, 7) is 2.01. The van der Waals surface area contributed by atoms with Crippen LogP contribution in [0.25, 0.3) is 0 Å². The summed E-state index contributed by atoms with van der Waals surface area (Å²) >= 11 is 0. The topological polar surface area (TPSA) is 26.0 Å². The lowest BCUT2D eigenvalue weighted by Gasteiger charge is -2.18. The van der Waals surface area contributed by atoms with E-state index < -0.39 is 0 Å². The first-order valence-electron chi connectivity index (χ1n) is 6.18. The quantitative estimate of drug-likeness (QED) is 0.721. The molecule has 2 N–H and O–H groups in total. The predicted octanol–water partition coefficient (Wildman–Crippen LogP) is 3.51. The Bertz CT molecular complexity index is 362. The normalized spacial score (nSPS) is 26.4. The third kappa shape index (κ3) is 2.62. The largest absolute Gasteiger partial charge is 0.328 e. The van der Waals surface area contributed by atoms with Gasteiger partial charge in [0.2, 0.25) is 0 Å². The van der Waals surface area contributed by atoms with Crippen molar-refractivity contribution in [3.05, 3.63) is 35.1 Å². The maximum absolute atomic E-state index is 13.8. The summed E-state index contributed by atoms with van der Waals surface area (Å²) < 4.78 is 13.8. The summed E-state index contributed by atoms with van der Waals surface area (Å²) in [7, 11) is 0. The monoisotopic (exact) mass is 221 g/mol. The first-order valence-corrected chi connectivity index (χ1v) is 6.18. The van der Waals surface area contributed by atoms with Crippen LogP contribution < -0.4 is 5.73 Å². The third-order valence-electron chi connectivity index (χ3n) is 3.56. The van der Waals surface area contributed by atoms with Crippen LogP contribution in [0.5, 0.6) is 0 Å². The molecule has 1 aromatic carbocycles. The fourth-order valence-electron chi connectivity index (χ4n) is 2.66. The van der Waals surface area contributed by atoms with Crippen molar-refractivity contribution < 1.29 is 4.39 Å². The molecule has 1 aliphatic rings. The van der Waals surface area contributed by atoms with Crippen molar-refractivity contribution in [3.8, 4) is 0 Å². The molecule has 2 unspecified atom stereocenters. The Balaban J connectivity index is 2.24. The van der Waals surface area contributed by atoms with Crippen molar-refractivity contribution in [1.29, 1.82) is 0 Å². The van der Waals surface area contributed by atoms with Crippen molar-refractivity contribution in [1.82, 2.24) is 0 Å². The zero-order chi connectivity index (χ0) is 11.5. The first kappa shape index (κ1) is 11.6. The lowest BCUT2D eigenvalue weighted by molar-refractivity contribution is 0.507. The molecular weight excluding hydrogens is 201 g/mol. The number of rotatable bonds is 1. The van der Waals surface area contributed by atoms with Gasteiger partial charge in [-0.2, -0.15) is 0 Å². The zero-order valence-electron chi connectivity index (χ0n) is 9.88. The molecule has 0 spiro atoms. The minimum absolute atomic E-state index is 0.0651. The molecule has 1 fully saturated rings. The van der Waals surface area contributed by atoms with Crippen molar-refractivity contribution >= 4 is 0 Å². The molecule has 0 aliphatic heterocycles. The van der Waals surface area contributed by atoms with Crippen LogP contribution in [0, 0.1) is 12.7 Å². The molecule has 0 aromatic heterocycles. The number of benzene rings is 1. The van der Waals surface area contributed by atoms with E-state index in [0.29, 0.717) is 5.92 Å². The number of hydrogen-bond donors (Lipinski definition) is 1. The van der Waals surface area contributed by atoms with Crippen LogP contribution in [-0.2, 0) is 0 Å². The molecule has 0 amide bonds. The van der Waals surface area contributed by atoms with E-state index in [2.05, 4.69) is 0 Å². The average molecular weight is 221 g/mol. The first-order chi connectivity index (χ1) is 7.66. The van der Waals surface area contributed by atoms with Gasteiger partial charge in [-0.1, -0.05) is 30.5 Å². The van der Waals surface area contributed by atoms with Gasteiger partial charge in [-0.3, -0.25) is 0 Å². The van der Waals surface area contributed by atoms with Gasteiger partial charge in [-0.25, -0.2) is 4.39 Å². The Morgan fingerprint density at radius 3 is 2.81 bits per heavy atom. The van der Waals surface area contributed by atoms with E-state index in [1.165, 1.54) is 12.8 Å². The molecule has 88 valence electrons. The van der Waals surface area contributed by atoms with Gasteiger partial charge in [-0.15, -0.1) is 0 Å². The molecule has 0 radical (unpaired) electrons. The Labute approximate surface area is 96.9 Å². The number of nitrogens with two attached hydrogens (primary N) is 1. The zero-order valence-corrected chi connectivity index (χ0v) is 9.88. The fourth-order valence-corrected chi connectivity index (χ4v) is 2.66. The maximum Gasteiger partial charge on any atom is 0.126 e. The highest BCUT2D eigenvalue weighted by Gasteiger charge is 2.21. The van der Waals surface area contributed by atoms with Crippen molar-refractivity contribution in [2.24, 2.45) is 5.73 Å². The van der Waals surface area contributed by atoms with Gasteiger partial charge < -0.3 is 5.73 Å². The number of hydrogen-bond acceptors (Lipinski definition) is 1. The standard InChI is InChI=1S/C14H20FN/c1-10-6-7-14(15)13(8-10)11-4-2-3-5-12(16)9-11/h6-8,11-12H,2-5,9,16H2,1H3. The van der Waals surface area contributed by atoms with Crippen LogP contribution >= 0.6 is 0 Å². The Morgan fingerprint density at radius 2 is 2.00 bits per heavy atom. The molecule has 1 nitrogen and oxygen atoms in total. The summed E-state index contributed by atoms with van der Waals surface area (Å²) in [6.07, 6.45) is 5.45. The molecule has 2 atom stereocenters. The van der Waals surface area contributed by atoms with E-state index in [9.17, 15) is 4.39 Å². The van der Waals surface area contributed by atoms with Gasteiger partial charge in [0.05, 0.1) is 0 Å². The highest BCUT2D eigenvalue weighted by atomic mass is 19.1. The minimum atomic E-state index is -0.0651. The third-order valence-corrected chi connectivity index (χ3v) is 3.56.